The van der Waals surface area contributed by atoms with Gasteiger partial charge < -0.3 is 10.2 Å². The van der Waals surface area contributed by atoms with Gasteiger partial charge >= 0.3 is 44.4 Å². The van der Waals surface area contributed by atoms with E-state index in [0.29, 0.717) is 0 Å². The van der Waals surface area contributed by atoms with Crippen molar-refractivity contribution >= 4 is 22.6 Å². The first-order chi connectivity index (χ1) is 4.06. The van der Waals surface area contributed by atoms with Crippen LogP contribution in [0.1, 0.15) is 6.92 Å². The van der Waals surface area contributed by atoms with Crippen molar-refractivity contribution in [1.82, 2.24) is 0 Å². The van der Waals surface area contributed by atoms with Crippen LogP contribution in [0, 0.1) is 0 Å². The van der Waals surface area contributed by atoms with Gasteiger partial charge in [-0.25, -0.2) is 4.79 Å². The number of rotatable bonds is 1. The van der Waals surface area contributed by atoms with Gasteiger partial charge in [-0.1, -0.05) is 0 Å². The van der Waals surface area contributed by atoms with Gasteiger partial charge in [0.25, 0.3) is 0 Å². The summed E-state index contributed by atoms with van der Waals surface area (Å²) in [6.07, 6.45) is -1.23. The van der Waals surface area contributed by atoms with E-state index in [0.717, 1.165) is 0 Å². The van der Waals surface area contributed by atoms with Gasteiger partial charge in [0.15, 0.2) is 0 Å². The van der Waals surface area contributed by atoms with E-state index in [-0.39, 0.29) is 0 Å². The number of carbonyl (C=O) groups is 1. The molecule has 0 aliphatic heterocycles. The number of aliphatic carboxylic acids is 1. The van der Waals surface area contributed by atoms with Gasteiger partial charge in [0.05, 0.1) is 0 Å². The van der Waals surface area contributed by atoms with Crippen molar-refractivity contribution in [3.8, 4) is 0 Å². The van der Waals surface area contributed by atoms with E-state index in [1.54, 1.807) is 0 Å². The predicted molar refractivity (Wildman–Crippen MR) is 31.0 cm³/mol. The Morgan fingerprint density at radius 3 is 1.78 bits per heavy atom. The van der Waals surface area contributed by atoms with Crippen molar-refractivity contribution in [2.45, 2.75) is 13.0 Å². The molecule has 0 amide bonds. The average Bonchev–Trinajstić information content (AvgIpc) is 1.68. The first-order valence-corrected chi connectivity index (χ1v) is 12.3. The van der Waals surface area contributed by atoms with Crippen molar-refractivity contribution in [3.63, 3.8) is 0 Å². The zero-order chi connectivity index (χ0) is 7.86. The van der Waals surface area contributed by atoms with Crippen LogP contribution < -0.4 is 0 Å². The fraction of sp³-hybridized carbons (Fsp3) is 0.667. The molecule has 0 rings (SSSR count). The third-order valence-corrected chi connectivity index (χ3v) is 0.357. The van der Waals surface area contributed by atoms with Crippen LogP contribution in [-0.4, -0.2) is 22.3 Å². The number of carboxylic acids is 1. The second-order valence-corrected chi connectivity index (χ2v) is 7.11. The molecule has 0 bridgehead atoms. The van der Waals surface area contributed by atoms with Crippen molar-refractivity contribution in [2.75, 3.05) is 0 Å². The molecule has 0 fully saturated rings. The molecule has 3 nitrogen and oxygen atoms in total. The summed E-state index contributed by atoms with van der Waals surface area (Å²) in [7, 11) is 9.95. The number of carboxylic acid groups (broad SMARTS) is 1. The molecule has 1 unspecified atom stereocenters. The fourth-order valence-electron chi connectivity index (χ4n) is 0. The molecule has 2 N–H and O–H groups in total. The number of halogens is 2. The summed E-state index contributed by atoms with van der Waals surface area (Å²) in [6, 6.07) is 0. The number of aliphatic hydroxyl groups excluding tert-OH is 1. The molecule has 0 heterocycles. The van der Waals surface area contributed by atoms with Crippen LogP contribution >= 0.6 is 16.6 Å². The van der Waals surface area contributed by atoms with Crippen molar-refractivity contribution < 1.29 is 36.8 Å². The van der Waals surface area contributed by atoms with E-state index < -0.39 is 33.9 Å². The Morgan fingerprint density at radius 2 is 1.78 bits per heavy atom. The predicted octanol–water partition coefficient (Wildman–Crippen LogP) is 0.828. The number of hydrogen-bond donors (Lipinski definition) is 2. The molecule has 1 atom stereocenters. The van der Waals surface area contributed by atoms with Crippen LogP contribution in [0.3, 0.4) is 0 Å². The first kappa shape index (κ1) is 12.6. The van der Waals surface area contributed by atoms with Crippen LogP contribution in [0.4, 0.5) is 0 Å². The quantitative estimate of drug-likeness (QED) is 0.696. The standard InChI is InChI=1S/C3H6O3.Cd.2ClH/c1-2(4)3(5)6;;;/h2,4H,1H3,(H,5,6);;2*1H/q;+2;;/p-2. The zero-order valence-electron chi connectivity index (χ0n) is 4.84. The summed E-state index contributed by atoms with van der Waals surface area (Å²) in [6.45, 7) is 1.20. The molecule has 0 aliphatic carbocycles. The van der Waals surface area contributed by atoms with Crippen LogP contribution in [0.15, 0.2) is 0 Å². The second kappa shape index (κ2) is 8.93. The Morgan fingerprint density at radius 1 is 1.67 bits per heavy atom. The Bertz CT molecular complexity index is 77.5. The summed E-state index contributed by atoms with van der Waals surface area (Å²) in [4.78, 5) is 9.45. The van der Waals surface area contributed by atoms with E-state index in [1.807, 2.05) is 0 Å². The summed E-state index contributed by atoms with van der Waals surface area (Å²) in [5.74, 6) is -1.19. The molecular weight excluding hydrogens is 267 g/mol. The molecule has 0 aromatic heterocycles. The molecule has 0 aromatic rings. The molecule has 0 radical (unpaired) electrons. The Balaban J connectivity index is 0. The van der Waals surface area contributed by atoms with Crippen molar-refractivity contribution in [3.05, 3.63) is 0 Å². The van der Waals surface area contributed by atoms with Crippen LogP contribution in [0.5, 0.6) is 0 Å². The second-order valence-electron chi connectivity index (χ2n) is 1.12. The Kier molecular flexibility index (Phi) is 12.5. The van der Waals surface area contributed by atoms with Gasteiger partial charge in [-0.15, -0.1) is 0 Å². The van der Waals surface area contributed by atoms with E-state index >= 15 is 0 Å². The Hall–Kier alpha value is 0.932. The molecule has 0 saturated heterocycles. The van der Waals surface area contributed by atoms with Crippen molar-refractivity contribution in [2.24, 2.45) is 0 Å². The third kappa shape index (κ3) is 17.6. The van der Waals surface area contributed by atoms with E-state index in [2.05, 4.69) is 0 Å². The fourth-order valence-corrected chi connectivity index (χ4v) is 0. The molecule has 52 valence electrons. The molecule has 9 heavy (non-hydrogen) atoms. The SMILES string of the molecule is CC(O)C(=O)O.[Cl][Cd][Cl]. The molecule has 0 saturated carbocycles. The van der Waals surface area contributed by atoms with Crippen LogP contribution in [0.25, 0.3) is 0 Å². The summed E-state index contributed by atoms with van der Waals surface area (Å²) >= 11 is -1.07. The average molecular weight is 273 g/mol. The van der Waals surface area contributed by atoms with Gasteiger partial charge in [-0.05, 0) is 6.92 Å². The monoisotopic (exact) mass is 274 g/mol. The number of aliphatic hydroxyl groups is 1. The maximum absolute atomic E-state index is 9.45. The van der Waals surface area contributed by atoms with E-state index in [1.165, 1.54) is 6.92 Å². The van der Waals surface area contributed by atoms with Gasteiger partial charge in [-0.2, -0.15) is 0 Å². The van der Waals surface area contributed by atoms with Gasteiger partial charge in [0, 0.05) is 0 Å². The van der Waals surface area contributed by atoms with Gasteiger partial charge in [0.2, 0.25) is 0 Å². The van der Waals surface area contributed by atoms with E-state index in [9.17, 15) is 4.79 Å². The minimum atomic E-state index is -1.23. The first-order valence-electron chi connectivity index (χ1n) is 2.09. The third-order valence-electron chi connectivity index (χ3n) is 0.357. The summed E-state index contributed by atoms with van der Waals surface area (Å²) in [5, 5.41) is 15.8. The normalized spacial score (nSPS) is 10.2. The molecular formula is C3H6CdCl2O3. The van der Waals surface area contributed by atoms with Crippen LogP contribution in [-0.2, 0) is 26.6 Å². The molecule has 0 aromatic carbocycles. The van der Waals surface area contributed by atoms with Crippen molar-refractivity contribution in [1.29, 1.82) is 0 Å². The minimum absolute atomic E-state index is 1.07. The van der Waals surface area contributed by atoms with Gasteiger partial charge in [0.1, 0.15) is 6.10 Å². The topological polar surface area (TPSA) is 57.5 Å². The molecule has 6 heteroatoms. The zero-order valence-corrected chi connectivity index (χ0v) is 10.4. The molecule has 0 spiro atoms. The van der Waals surface area contributed by atoms with E-state index in [4.69, 9.17) is 26.8 Å². The molecule has 0 aliphatic rings. The van der Waals surface area contributed by atoms with Gasteiger partial charge in [-0.3, -0.25) is 0 Å². The summed E-state index contributed by atoms with van der Waals surface area (Å²) in [5.41, 5.74) is 0. The van der Waals surface area contributed by atoms with Crippen LogP contribution in [0.2, 0.25) is 0 Å². The summed E-state index contributed by atoms with van der Waals surface area (Å²) < 4.78 is 0. The maximum atomic E-state index is 9.45. The number of hydrogen-bond acceptors (Lipinski definition) is 2. The Labute approximate surface area is 72.1 Å².